The Balaban J connectivity index is 0.000000213. The Kier molecular flexibility index (Phi) is 11.4. The Morgan fingerprint density at radius 3 is 1.29 bits per heavy atom. The van der Waals surface area contributed by atoms with Crippen molar-refractivity contribution in [1.82, 2.24) is 0 Å². The summed E-state index contributed by atoms with van der Waals surface area (Å²) in [5, 5.41) is 22.8. The molecule has 0 atom stereocenters. The summed E-state index contributed by atoms with van der Waals surface area (Å²) in [4.78, 5) is 8.98. The van der Waals surface area contributed by atoms with Crippen molar-refractivity contribution in [3.8, 4) is 11.5 Å². The second kappa shape index (κ2) is 14.0. The topological polar surface area (TPSA) is 70.8 Å². The first kappa shape index (κ1) is 25.1. The summed E-state index contributed by atoms with van der Waals surface area (Å²) in [6.07, 6.45) is 16.0. The number of para-hydroxylation sites is 2. The summed E-state index contributed by atoms with van der Waals surface area (Å²) in [6, 6.07) is 15.0. The fourth-order valence-corrected chi connectivity index (χ4v) is 4.01. The van der Waals surface area contributed by atoms with Gasteiger partial charge in [0, 0.05) is 24.5 Å². The van der Waals surface area contributed by atoms with Gasteiger partial charge in [0.05, 0.1) is 0 Å². The zero-order chi connectivity index (χ0) is 21.0. The van der Waals surface area contributed by atoms with Crippen LogP contribution >= 0.6 is 0 Å². The molecule has 0 unspecified atom stereocenters. The van der Waals surface area contributed by atoms with Gasteiger partial charge in [-0.1, -0.05) is 87.1 Å². The van der Waals surface area contributed by atoms with Crippen molar-refractivity contribution in [2.75, 3.05) is 0 Å². The molecule has 0 bridgehead atoms. The van der Waals surface area contributed by atoms with Crippen molar-refractivity contribution in [2.24, 2.45) is 9.98 Å². The van der Waals surface area contributed by atoms with E-state index in [1.54, 1.807) is 36.7 Å². The van der Waals surface area contributed by atoms with Crippen LogP contribution in [-0.4, -0.2) is 24.5 Å². The monoisotopic (exact) mass is 462 g/mol. The number of hydrogen-bond acceptors (Lipinski definition) is 4. The minimum atomic E-state index is 0. The van der Waals surface area contributed by atoms with Crippen LogP contribution in [0.4, 0.5) is 0 Å². The fraction of sp³-hybridized carbons (Fsp3) is 0.462. The van der Waals surface area contributed by atoms with Gasteiger partial charge in [-0.25, -0.2) is 0 Å². The smallest absolute Gasteiger partial charge is 0.872 e. The average Bonchev–Trinajstić information content (AvgIpc) is 2.80. The first-order valence-corrected chi connectivity index (χ1v) is 11.3. The van der Waals surface area contributed by atoms with Crippen LogP contribution in [0.25, 0.3) is 0 Å². The van der Waals surface area contributed by atoms with E-state index in [9.17, 15) is 10.2 Å². The molecule has 0 spiro atoms. The summed E-state index contributed by atoms with van der Waals surface area (Å²) in [7, 11) is 0. The van der Waals surface area contributed by atoms with Gasteiger partial charge in [-0.3, -0.25) is 9.98 Å². The molecule has 5 heteroatoms. The molecule has 2 saturated carbocycles. The van der Waals surface area contributed by atoms with Crippen molar-refractivity contribution in [1.29, 1.82) is 0 Å². The molecule has 2 fully saturated rings. The number of rotatable bonds is 4. The van der Waals surface area contributed by atoms with E-state index in [0.29, 0.717) is 23.2 Å². The van der Waals surface area contributed by atoms with Gasteiger partial charge in [0.15, 0.2) is 0 Å². The summed E-state index contributed by atoms with van der Waals surface area (Å²) >= 11 is 0. The standard InChI is InChI=1S/2C13H17NO.Ni/c2*15-13-9-5-4-6-11(13)10-14-12-7-2-1-3-8-12;/h2*4-6,9-10,12,15H,1-3,7-8H2;/q;;+2/p-2. The molecule has 4 rings (SSSR count). The summed E-state index contributed by atoms with van der Waals surface area (Å²) in [5.41, 5.74) is 1.42. The van der Waals surface area contributed by atoms with Crippen molar-refractivity contribution < 1.29 is 26.7 Å². The number of nitrogens with zero attached hydrogens (tertiary/aromatic N) is 2. The predicted molar refractivity (Wildman–Crippen MR) is 121 cm³/mol. The molecule has 0 amide bonds. The molecule has 2 aliphatic carbocycles. The van der Waals surface area contributed by atoms with Crippen LogP contribution in [0.1, 0.15) is 75.3 Å². The Labute approximate surface area is 196 Å². The maximum atomic E-state index is 11.4. The zero-order valence-corrected chi connectivity index (χ0v) is 19.0. The van der Waals surface area contributed by atoms with Crippen LogP contribution in [0, 0.1) is 0 Å². The van der Waals surface area contributed by atoms with Gasteiger partial charge in [-0.15, -0.1) is 11.5 Å². The molecule has 0 aliphatic heterocycles. The molecule has 2 aliphatic rings. The Morgan fingerprint density at radius 2 is 0.935 bits per heavy atom. The largest absolute Gasteiger partial charge is 2.00 e. The molecular formula is C26H32N2NiO2. The van der Waals surface area contributed by atoms with E-state index < -0.39 is 0 Å². The molecule has 2 aromatic carbocycles. The third kappa shape index (κ3) is 8.87. The van der Waals surface area contributed by atoms with Gasteiger partial charge in [0.25, 0.3) is 0 Å². The van der Waals surface area contributed by atoms with Crippen LogP contribution in [0.3, 0.4) is 0 Å². The van der Waals surface area contributed by atoms with Crippen molar-refractivity contribution in [3.05, 3.63) is 59.7 Å². The molecule has 0 saturated heterocycles. The Hall–Kier alpha value is -2.13. The summed E-state index contributed by atoms with van der Waals surface area (Å²) < 4.78 is 0. The van der Waals surface area contributed by atoms with Gasteiger partial charge in [0.1, 0.15) is 0 Å². The van der Waals surface area contributed by atoms with E-state index in [1.807, 2.05) is 24.3 Å². The molecule has 4 nitrogen and oxygen atoms in total. The van der Waals surface area contributed by atoms with Gasteiger partial charge in [-0.05, 0) is 36.8 Å². The van der Waals surface area contributed by atoms with Crippen LogP contribution in [0.15, 0.2) is 58.5 Å². The number of benzene rings is 2. The van der Waals surface area contributed by atoms with Crippen LogP contribution in [0.5, 0.6) is 11.5 Å². The van der Waals surface area contributed by atoms with Gasteiger partial charge >= 0.3 is 16.5 Å². The number of hydrogen-bond donors (Lipinski definition) is 0. The van der Waals surface area contributed by atoms with Crippen molar-refractivity contribution >= 4 is 12.4 Å². The average molecular weight is 463 g/mol. The zero-order valence-electron chi connectivity index (χ0n) is 18.0. The van der Waals surface area contributed by atoms with E-state index in [4.69, 9.17) is 0 Å². The van der Waals surface area contributed by atoms with Gasteiger partial charge in [0.2, 0.25) is 0 Å². The molecule has 31 heavy (non-hydrogen) atoms. The van der Waals surface area contributed by atoms with E-state index in [1.165, 1.54) is 64.2 Å². The van der Waals surface area contributed by atoms with Gasteiger partial charge < -0.3 is 10.2 Å². The first-order chi connectivity index (χ1) is 14.7. The van der Waals surface area contributed by atoms with E-state index >= 15 is 0 Å². The maximum absolute atomic E-state index is 11.4. The van der Waals surface area contributed by atoms with Crippen LogP contribution < -0.4 is 10.2 Å². The predicted octanol–water partition coefficient (Wildman–Crippen LogP) is 5.02. The second-order valence-electron chi connectivity index (χ2n) is 8.22. The minimum Gasteiger partial charge on any atom is -0.872 e. The molecule has 168 valence electrons. The Bertz CT molecular complexity index is 756. The quantitative estimate of drug-likeness (QED) is 0.472. The second-order valence-corrected chi connectivity index (χ2v) is 8.22. The van der Waals surface area contributed by atoms with Gasteiger partial charge in [-0.2, -0.15) is 0 Å². The van der Waals surface area contributed by atoms with E-state index in [0.717, 1.165) is 0 Å². The minimum absolute atomic E-state index is 0. The molecule has 0 N–H and O–H groups in total. The fourth-order valence-electron chi connectivity index (χ4n) is 4.01. The third-order valence-electron chi connectivity index (χ3n) is 5.84. The summed E-state index contributed by atoms with van der Waals surface area (Å²) in [6.45, 7) is 0. The maximum Gasteiger partial charge on any atom is 2.00 e. The molecule has 0 aromatic heterocycles. The molecular weight excluding hydrogens is 431 g/mol. The first-order valence-electron chi connectivity index (χ1n) is 11.3. The molecule has 0 radical (unpaired) electrons. The SMILES string of the molecule is [Ni+2].[O-]c1ccccc1C=NC1CCCCC1.[O-]c1ccccc1C=NC1CCCCC1. The summed E-state index contributed by atoms with van der Waals surface area (Å²) in [5.74, 6) is 0.133. The molecule has 0 heterocycles. The number of aliphatic imine (C=N–C) groups is 2. The molecule has 2 aromatic rings. The van der Waals surface area contributed by atoms with Crippen LogP contribution in [0.2, 0.25) is 0 Å². The Morgan fingerprint density at radius 1 is 0.581 bits per heavy atom. The normalized spacial score (nSPS) is 17.8. The van der Waals surface area contributed by atoms with E-state index in [-0.39, 0.29) is 28.0 Å². The van der Waals surface area contributed by atoms with Crippen LogP contribution in [-0.2, 0) is 16.5 Å². The van der Waals surface area contributed by atoms with E-state index in [2.05, 4.69) is 9.98 Å². The third-order valence-corrected chi connectivity index (χ3v) is 5.84. The van der Waals surface area contributed by atoms with Crippen molar-refractivity contribution in [3.63, 3.8) is 0 Å². The van der Waals surface area contributed by atoms with Crippen molar-refractivity contribution in [2.45, 2.75) is 76.3 Å².